The molecule has 2 rings (SSSR count). The number of halogens is 1. The highest BCUT2D eigenvalue weighted by Gasteiger charge is 2.15. The van der Waals surface area contributed by atoms with Gasteiger partial charge in [-0.25, -0.2) is 4.79 Å². The lowest BCUT2D eigenvalue weighted by Crippen LogP contribution is -2.33. The average Bonchev–Trinajstić information content (AvgIpc) is 2.65. The van der Waals surface area contributed by atoms with E-state index in [-0.39, 0.29) is 24.9 Å². The molecule has 7 nitrogen and oxygen atoms in total. The number of alkyl carbamates (subject to hydrolysis) is 1. The first-order chi connectivity index (χ1) is 13.6. The fourth-order valence-electron chi connectivity index (χ4n) is 2.28. The first-order valence-corrected chi connectivity index (χ1v) is 9.82. The quantitative estimate of drug-likeness (QED) is 0.608. The third-order valence-electron chi connectivity index (χ3n) is 3.61. The number of hydrogen-bond donors (Lipinski definition) is 3. The second kappa shape index (κ2) is 10.1. The van der Waals surface area contributed by atoms with E-state index in [1.54, 1.807) is 57.2 Å². The third kappa shape index (κ3) is 7.95. The Morgan fingerprint density at radius 3 is 2.24 bits per heavy atom. The molecule has 0 aliphatic rings. The maximum atomic E-state index is 12.2. The second-order valence-electron chi connectivity index (χ2n) is 7.26. The molecule has 0 aliphatic carbocycles. The van der Waals surface area contributed by atoms with Gasteiger partial charge in [-0.15, -0.1) is 0 Å². The Bertz CT molecular complexity index is 876. The fraction of sp³-hybridized carbons (Fsp3) is 0.286. The van der Waals surface area contributed by atoms with Gasteiger partial charge in [-0.05, 0) is 66.5 Å². The van der Waals surface area contributed by atoms with Gasteiger partial charge in [-0.3, -0.25) is 9.59 Å². The number of hydrogen-bond acceptors (Lipinski definition) is 4. The normalized spacial score (nSPS) is 10.8. The van der Waals surface area contributed by atoms with Crippen molar-refractivity contribution >= 4 is 39.5 Å². The number of amides is 3. The van der Waals surface area contributed by atoms with Crippen LogP contribution < -0.4 is 16.0 Å². The standard InChI is InChI=1S/C21H24BrN3O4/c1-21(2,3)29-20(28)24-12-14-8-10-15(11-9-14)19(27)23-13-18(26)25-17-7-5-4-6-16(17)22/h4-11H,12-13H2,1-3H3,(H,23,27)(H,24,28)(H,25,26). The average molecular weight is 462 g/mol. The fourth-order valence-corrected chi connectivity index (χ4v) is 2.67. The molecule has 0 heterocycles. The number of anilines is 1. The Morgan fingerprint density at radius 1 is 0.966 bits per heavy atom. The van der Waals surface area contributed by atoms with Gasteiger partial charge in [0.1, 0.15) is 5.60 Å². The van der Waals surface area contributed by atoms with Crippen LogP contribution in [0.15, 0.2) is 53.0 Å². The van der Waals surface area contributed by atoms with Crippen molar-refractivity contribution in [1.29, 1.82) is 0 Å². The highest BCUT2D eigenvalue weighted by molar-refractivity contribution is 9.10. The van der Waals surface area contributed by atoms with Gasteiger partial charge in [0.15, 0.2) is 0 Å². The molecule has 3 N–H and O–H groups in total. The predicted molar refractivity (Wildman–Crippen MR) is 115 cm³/mol. The van der Waals surface area contributed by atoms with Gasteiger partial charge < -0.3 is 20.7 Å². The summed E-state index contributed by atoms with van der Waals surface area (Å²) in [6.45, 7) is 5.50. The zero-order valence-corrected chi connectivity index (χ0v) is 18.1. The van der Waals surface area contributed by atoms with Crippen LogP contribution in [0.3, 0.4) is 0 Å². The molecule has 0 saturated carbocycles. The number of ether oxygens (including phenoxy) is 1. The Labute approximate surface area is 178 Å². The topological polar surface area (TPSA) is 96.5 Å². The Balaban J connectivity index is 1.80. The van der Waals surface area contributed by atoms with E-state index in [9.17, 15) is 14.4 Å². The molecule has 0 aliphatic heterocycles. The summed E-state index contributed by atoms with van der Waals surface area (Å²) in [7, 11) is 0. The van der Waals surface area contributed by atoms with E-state index < -0.39 is 11.7 Å². The minimum absolute atomic E-state index is 0.151. The van der Waals surface area contributed by atoms with Crippen LogP contribution in [0, 0.1) is 0 Å². The van der Waals surface area contributed by atoms with E-state index in [0.717, 1.165) is 10.0 Å². The van der Waals surface area contributed by atoms with Crippen LogP contribution >= 0.6 is 15.9 Å². The maximum Gasteiger partial charge on any atom is 0.407 e. The van der Waals surface area contributed by atoms with Crippen molar-refractivity contribution in [3.63, 3.8) is 0 Å². The molecule has 0 radical (unpaired) electrons. The van der Waals surface area contributed by atoms with Crippen molar-refractivity contribution in [3.05, 3.63) is 64.1 Å². The van der Waals surface area contributed by atoms with Gasteiger partial charge in [-0.1, -0.05) is 24.3 Å². The third-order valence-corrected chi connectivity index (χ3v) is 4.30. The summed E-state index contributed by atoms with van der Waals surface area (Å²) >= 11 is 3.35. The molecule has 3 amide bonds. The zero-order chi connectivity index (χ0) is 21.4. The number of carbonyl (C=O) groups is 3. The van der Waals surface area contributed by atoms with Crippen molar-refractivity contribution < 1.29 is 19.1 Å². The summed E-state index contributed by atoms with van der Waals surface area (Å²) in [6, 6.07) is 13.9. The smallest absolute Gasteiger partial charge is 0.407 e. The summed E-state index contributed by atoms with van der Waals surface area (Å²) in [5, 5.41) is 7.95. The summed E-state index contributed by atoms with van der Waals surface area (Å²) in [5.41, 5.74) is 1.31. The van der Waals surface area contributed by atoms with Gasteiger partial charge >= 0.3 is 6.09 Å². The van der Waals surface area contributed by atoms with Gasteiger partial charge in [0.25, 0.3) is 5.91 Å². The van der Waals surface area contributed by atoms with Crippen LogP contribution in [0.2, 0.25) is 0 Å². The Hall–Kier alpha value is -2.87. The van der Waals surface area contributed by atoms with Crippen molar-refractivity contribution in [2.75, 3.05) is 11.9 Å². The number of carbonyl (C=O) groups excluding carboxylic acids is 3. The van der Waals surface area contributed by atoms with Gasteiger partial charge in [0.05, 0.1) is 12.2 Å². The van der Waals surface area contributed by atoms with Crippen LogP contribution in [0.5, 0.6) is 0 Å². The molecule has 29 heavy (non-hydrogen) atoms. The molecule has 0 saturated heterocycles. The molecule has 8 heteroatoms. The molecule has 0 bridgehead atoms. The summed E-state index contributed by atoms with van der Waals surface area (Å²) in [6.07, 6.45) is -0.504. The highest BCUT2D eigenvalue weighted by atomic mass is 79.9. The molecule has 0 spiro atoms. The SMILES string of the molecule is CC(C)(C)OC(=O)NCc1ccc(C(=O)NCC(=O)Nc2ccccc2Br)cc1. The van der Waals surface area contributed by atoms with Gasteiger partial charge in [0.2, 0.25) is 5.91 Å². The highest BCUT2D eigenvalue weighted by Crippen LogP contribution is 2.20. The first kappa shape index (κ1) is 22.4. The minimum Gasteiger partial charge on any atom is -0.444 e. The lowest BCUT2D eigenvalue weighted by atomic mass is 10.1. The maximum absolute atomic E-state index is 12.2. The van der Waals surface area contributed by atoms with E-state index in [4.69, 9.17) is 4.74 Å². The zero-order valence-electron chi connectivity index (χ0n) is 16.5. The first-order valence-electron chi connectivity index (χ1n) is 9.02. The van der Waals surface area contributed by atoms with E-state index in [2.05, 4.69) is 31.9 Å². The molecule has 0 unspecified atom stereocenters. The van der Waals surface area contributed by atoms with Crippen LogP contribution in [0.4, 0.5) is 10.5 Å². The van der Waals surface area contributed by atoms with E-state index in [1.165, 1.54) is 0 Å². The van der Waals surface area contributed by atoms with Crippen molar-refractivity contribution in [3.8, 4) is 0 Å². The number of para-hydroxylation sites is 1. The van der Waals surface area contributed by atoms with Gasteiger partial charge in [-0.2, -0.15) is 0 Å². The lowest BCUT2D eigenvalue weighted by molar-refractivity contribution is -0.115. The summed E-state index contributed by atoms with van der Waals surface area (Å²) in [5.74, 6) is -0.692. The second-order valence-corrected chi connectivity index (χ2v) is 8.12. The van der Waals surface area contributed by atoms with Crippen molar-refractivity contribution in [2.45, 2.75) is 32.9 Å². The molecule has 2 aromatic carbocycles. The van der Waals surface area contributed by atoms with Crippen molar-refractivity contribution in [2.24, 2.45) is 0 Å². The van der Waals surface area contributed by atoms with Crippen LogP contribution in [0.1, 0.15) is 36.7 Å². The molecular formula is C21H24BrN3O4. The predicted octanol–water partition coefficient (Wildman–Crippen LogP) is 3.84. The van der Waals surface area contributed by atoms with E-state index in [1.807, 2.05) is 12.1 Å². The van der Waals surface area contributed by atoms with E-state index in [0.29, 0.717) is 11.3 Å². The molecule has 2 aromatic rings. The minimum atomic E-state index is -0.561. The van der Waals surface area contributed by atoms with Gasteiger partial charge in [0, 0.05) is 16.6 Å². The number of rotatable bonds is 6. The Kier molecular flexibility index (Phi) is 7.78. The molecule has 0 atom stereocenters. The lowest BCUT2D eigenvalue weighted by Gasteiger charge is -2.19. The number of benzene rings is 2. The summed E-state index contributed by atoms with van der Waals surface area (Å²) < 4.78 is 5.93. The monoisotopic (exact) mass is 461 g/mol. The number of nitrogens with one attached hydrogen (secondary N) is 3. The van der Waals surface area contributed by atoms with E-state index >= 15 is 0 Å². The summed E-state index contributed by atoms with van der Waals surface area (Å²) in [4.78, 5) is 35.9. The van der Waals surface area contributed by atoms with Crippen LogP contribution in [-0.2, 0) is 16.1 Å². The van der Waals surface area contributed by atoms with Crippen LogP contribution in [-0.4, -0.2) is 30.1 Å². The molecule has 154 valence electrons. The van der Waals surface area contributed by atoms with Crippen LogP contribution in [0.25, 0.3) is 0 Å². The molecule has 0 fully saturated rings. The molecular weight excluding hydrogens is 438 g/mol. The van der Waals surface area contributed by atoms with Crippen molar-refractivity contribution in [1.82, 2.24) is 10.6 Å². The largest absolute Gasteiger partial charge is 0.444 e. The Morgan fingerprint density at radius 2 is 1.62 bits per heavy atom. The molecule has 0 aromatic heterocycles.